The van der Waals surface area contributed by atoms with Gasteiger partial charge in [-0.05, 0) is 55.7 Å². The summed E-state index contributed by atoms with van der Waals surface area (Å²) in [5.41, 5.74) is 6.42. The molecule has 6 heteroatoms. The average molecular weight is 460 g/mol. The zero-order valence-electron chi connectivity index (χ0n) is 19.9. The van der Waals surface area contributed by atoms with Crippen molar-refractivity contribution in [2.45, 2.75) is 33.2 Å². The predicted octanol–water partition coefficient (Wildman–Crippen LogP) is 5.76. The van der Waals surface area contributed by atoms with E-state index in [1.54, 1.807) is 4.57 Å². The van der Waals surface area contributed by atoms with Gasteiger partial charge in [-0.2, -0.15) is 0 Å². The molecule has 35 heavy (non-hydrogen) atoms. The molecule has 3 heterocycles. The molecule has 6 rings (SSSR count). The summed E-state index contributed by atoms with van der Waals surface area (Å²) < 4.78 is 3.73. The maximum atomic E-state index is 14.1. The van der Waals surface area contributed by atoms with Crippen molar-refractivity contribution in [3.05, 3.63) is 106 Å². The van der Waals surface area contributed by atoms with Gasteiger partial charge in [0.25, 0.3) is 5.56 Å². The van der Waals surface area contributed by atoms with Gasteiger partial charge in [0, 0.05) is 5.69 Å². The second-order valence-corrected chi connectivity index (χ2v) is 8.86. The second kappa shape index (κ2) is 8.17. The first kappa shape index (κ1) is 21.2. The van der Waals surface area contributed by atoms with Crippen LogP contribution in [-0.2, 0) is 6.42 Å². The Hall–Kier alpha value is -4.32. The summed E-state index contributed by atoms with van der Waals surface area (Å²) in [6.07, 6.45) is 0.956. The molecule has 6 aromatic rings. The minimum atomic E-state index is -0.170. The van der Waals surface area contributed by atoms with Crippen molar-refractivity contribution in [3.8, 4) is 5.69 Å². The largest absolute Gasteiger partial charge is 0.289 e. The maximum absolute atomic E-state index is 14.1. The fraction of sp³-hybridized carbons (Fsp3) is 0.172. The number of aromatic nitrogens is 5. The van der Waals surface area contributed by atoms with Gasteiger partial charge in [-0.3, -0.25) is 13.9 Å². The van der Waals surface area contributed by atoms with E-state index in [0.29, 0.717) is 28.0 Å². The molecule has 0 N–H and O–H groups in total. The topological polar surface area (TPSA) is 65.6 Å². The molecule has 0 aliphatic rings. The zero-order chi connectivity index (χ0) is 24.1. The van der Waals surface area contributed by atoms with E-state index in [2.05, 4.69) is 31.2 Å². The minimum absolute atomic E-state index is 0.109. The molecule has 0 amide bonds. The van der Waals surface area contributed by atoms with Gasteiger partial charge in [-0.1, -0.05) is 61.5 Å². The van der Waals surface area contributed by atoms with Crippen LogP contribution in [0.1, 0.15) is 36.8 Å². The fourth-order valence-corrected chi connectivity index (χ4v) is 4.87. The minimum Gasteiger partial charge on any atom is -0.289 e. The SMILES string of the molecule is CCc1ccc(-n2c3nc4ccccc4nc3c3c(=O)n([C@@H](C)c4ccccc4)c(C)nc32)cc1. The highest BCUT2D eigenvalue weighted by Gasteiger charge is 2.24. The third-order valence-electron chi connectivity index (χ3n) is 6.76. The van der Waals surface area contributed by atoms with Crippen molar-refractivity contribution in [1.29, 1.82) is 0 Å². The van der Waals surface area contributed by atoms with Gasteiger partial charge >= 0.3 is 0 Å². The number of rotatable bonds is 4. The van der Waals surface area contributed by atoms with Crippen LogP contribution in [0.5, 0.6) is 0 Å². The molecule has 172 valence electrons. The fourth-order valence-electron chi connectivity index (χ4n) is 4.87. The number of hydrogen-bond donors (Lipinski definition) is 0. The Morgan fingerprint density at radius 3 is 2.14 bits per heavy atom. The van der Waals surface area contributed by atoms with E-state index >= 15 is 0 Å². The lowest BCUT2D eigenvalue weighted by atomic mass is 10.1. The van der Waals surface area contributed by atoms with E-state index in [9.17, 15) is 4.79 Å². The molecule has 6 nitrogen and oxygen atoms in total. The molecule has 0 fully saturated rings. The highest BCUT2D eigenvalue weighted by molar-refractivity contribution is 6.05. The molecule has 0 saturated carbocycles. The van der Waals surface area contributed by atoms with Gasteiger partial charge in [0.15, 0.2) is 11.3 Å². The molecule has 3 aromatic carbocycles. The molecule has 0 bridgehead atoms. The third kappa shape index (κ3) is 3.33. The van der Waals surface area contributed by atoms with Gasteiger partial charge in [-0.15, -0.1) is 0 Å². The molecule has 3 aromatic heterocycles. The zero-order valence-corrected chi connectivity index (χ0v) is 19.9. The standard InChI is InChI=1S/C29H25N5O/c1-4-20-14-16-22(17-15-20)34-27-25(26-28(34)32-24-13-9-8-12-23(24)31-26)29(35)33(19(3)30-27)18(2)21-10-6-5-7-11-21/h5-18H,4H2,1-3H3/t18-/m0/s1. The third-order valence-corrected chi connectivity index (χ3v) is 6.76. The van der Waals surface area contributed by atoms with Crippen LogP contribution >= 0.6 is 0 Å². The molecule has 0 aliphatic carbocycles. The highest BCUT2D eigenvalue weighted by atomic mass is 16.1. The summed E-state index contributed by atoms with van der Waals surface area (Å²) in [5, 5.41) is 0.492. The number of nitrogens with zero attached hydrogens (tertiary/aromatic N) is 5. The van der Waals surface area contributed by atoms with Crippen molar-refractivity contribution in [2.24, 2.45) is 0 Å². The smallest absolute Gasteiger partial charge is 0.265 e. The Labute approximate surface area is 202 Å². The van der Waals surface area contributed by atoms with E-state index < -0.39 is 0 Å². The highest BCUT2D eigenvalue weighted by Crippen LogP contribution is 2.30. The number of benzene rings is 3. The van der Waals surface area contributed by atoms with Gasteiger partial charge < -0.3 is 0 Å². The molecule has 0 aliphatic heterocycles. The Kier molecular flexibility index (Phi) is 4.95. The molecular formula is C29H25N5O. The Morgan fingerprint density at radius 1 is 0.800 bits per heavy atom. The molecule has 0 unspecified atom stereocenters. The van der Waals surface area contributed by atoms with E-state index in [-0.39, 0.29) is 11.6 Å². The van der Waals surface area contributed by atoms with Crippen LogP contribution in [0.2, 0.25) is 0 Å². The van der Waals surface area contributed by atoms with Crippen molar-refractivity contribution in [3.63, 3.8) is 0 Å². The van der Waals surface area contributed by atoms with Gasteiger partial charge in [0.2, 0.25) is 0 Å². The summed E-state index contributed by atoms with van der Waals surface area (Å²) in [7, 11) is 0. The number of hydrogen-bond acceptors (Lipinski definition) is 4. The van der Waals surface area contributed by atoms with Crippen molar-refractivity contribution >= 4 is 33.2 Å². The Balaban J connectivity index is 1.73. The lowest BCUT2D eigenvalue weighted by Crippen LogP contribution is -2.27. The first-order valence-corrected chi connectivity index (χ1v) is 11.9. The van der Waals surface area contributed by atoms with Crippen molar-refractivity contribution in [2.75, 3.05) is 0 Å². The number of aryl methyl sites for hydroxylation is 2. The van der Waals surface area contributed by atoms with Crippen molar-refractivity contribution < 1.29 is 0 Å². The predicted molar refractivity (Wildman–Crippen MR) is 140 cm³/mol. The maximum Gasteiger partial charge on any atom is 0.265 e. The summed E-state index contributed by atoms with van der Waals surface area (Å²) in [6.45, 7) is 6.05. The van der Waals surface area contributed by atoms with Gasteiger partial charge in [-0.25, -0.2) is 15.0 Å². The summed E-state index contributed by atoms with van der Waals surface area (Å²) in [4.78, 5) is 28.9. The monoisotopic (exact) mass is 459 g/mol. The quantitative estimate of drug-likeness (QED) is 0.336. The Bertz CT molecular complexity index is 1770. The van der Waals surface area contributed by atoms with E-state index in [1.165, 1.54) is 5.56 Å². The lowest BCUT2D eigenvalue weighted by Gasteiger charge is -2.18. The van der Waals surface area contributed by atoms with Crippen LogP contribution in [0.4, 0.5) is 0 Å². The first-order valence-electron chi connectivity index (χ1n) is 11.9. The van der Waals surface area contributed by atoms with Crippen LogP contribution < -0.4 is 5.56 Å². The summed E-state index contributed by atoms with van der Waals surface area (Å²) >= 11 is 0. The van der Waals surface area contributed by atoms with E-state index in [0.717, 1.165) is 28.7 Å². The van der Waals surface area contributed by atoms with Crippen LogP contribution in [0.15, 0.2) is 83.7 Å². The van der Waals surface area contributed by atoms with E-state index in [1.807, 2.05) is 73.0 Å². The summed E-state index contributed by atoms with van der Waals surface area (Å²) in [5.74, 6) is 0.651. The van der Waals surface area contributed by atoms with Crippen LogP contribution in [-0.4, -0.2) is 24.1 Å². The molecule has 0 spiro atoms. The first-order chi connectivity index (χ1) is 17.1. The molecular weight excluding hydrogens is 434 g/mol. The Morgan fingerprint density at radius 2 is 1.46 bits per heavy atom. The van der Waals surface area contributed by atoms with Crippen molar-refractivity contribution in [1.82, 2.24) is 24.1 Å². The summed E-state index contributed by atoms with van der Waals surface area (Å²) in [6, 6.07) is 25.9. The normalized spacial score (nSPS) is 12.5. The average Bonchev–Trinajstić information content (AvgIpc) is 3.20. The number of fused-ring (bicyclic) bond motifs is 4. The van der Waals surface area contributed by atoms with Crippen LogP contribution in [0.3, 0.4) is 0 Å². The van der Waals surface area contributed by atoms with Crippen LogP contribution in [0.25, 0.3) is 38.9 Å². The van der Waals surface area contributed by atoms with Gasteiger partial charge in [0.1, 0.15) is 16.7 Å². The second-order valence-electron chi connectivity index (χ2n) is 8.86. The molecule has 1 atom stereocenters. The molecule has 0 radical (unpaired) electrons. The van der Waals surface area contributed by atoms with Crippen LogP contribution in [0, 0.1) is 6.92 Å². The van der Waals surface area contributed by atoms with Gasteiger partial charge in [0.05, 0.1) is 17.1 Å². The lowest BCUT2D eigenvalue weighted by molar-refractivity contribution is 0.587. The number of para-hydroxylation sites is 2. The van der Waals surface area contributed by atoms with E-state index in [4.69, 9.17) is 15.0 Å². The molecule has 0 saturated heterocycles.